The molecule has 3 aromatic carbocycles. The summed E-state index contributed by atoms with van der Waals surface area (Å²) in [5.74, 6) is 1.58. The number of nitrogens with zero attached hydrogens (tertiary/aromatic N) is 5. The van der Waals surface area contributed by atoms with Gasteiger partial charge in [-0.25, -0.2) is 14.4 Å². The number of hydrogen-bond acceptors (Lipinski definition) is 14. The summed E-state index contributed by atoms with van der Waals surface area (Å²) >= 11 is 0. The molecule has 6 heterocycles. The van der Waals surface area contributed by atoms with E-state index in [0.29, 0.717) is 72.6 Å². The van der Waals surface area contributed by atoms with Gasteiger partial charge in [0.15, 0.2) is 0 Å². The second-order valence-electron chi connectivity index (χ2n) is 20.0. The van der Waals surface area contributed by atoms with Gasteiger partial charge in [-0.3, -0.25) is 20.3 Å². The fourth-order valence-electron chi connectivity index (χ4n) is 10.6. The lowest BCUT2D eigenvalue weighted by Crippen LogP contribution is -2.55. The van der Waals surface area contributed by atoms with Gasteiger partial charge in [0, 0.05) is 63.1 Å². The zero-order valence-electron chi connectivity index (χ0n) is 42.7. The third-order valence-electron chi connectivity index (χ3n) is 14.5. The van der Waals surface area contributed by atoms with E-state index in [0.717, 1.165) is 65.7 Å². The summed E-state index contributed by atoms with van der Waals surface area (Å²) in [6, 6.07) is 17.6. The van der Waals surface area contributed by atoms with Crippen molar-refractivity contribution in [1.82, 2.24) is 44.9 Å². The highest BCUT2D eigenvalue weighted by atomic mass is 19.1. The molecule has 8 atom stereocenters. The van der Waals surface area contributed by atoms with Crippen molar-refractivity contribution in [3.8, 4) is 45.3 Å². The molecule has 9 rings (SSSR count). The van der Waals surface area contributed by atoms with Gasteiger partial charge in [-0.1, -0.05) is 45.9 Å². The Morgan fingerprint density at radius 3 is 2.25 bits per heavy atom. The van der Waals surface area contributed by atoms with Crippen LogP contribution in [0.3, 0.4) is 0 Å². The quantitative estimate of drug-likeness (QED) is 0.0265. The van der Waals surface area contributed by atoms with E-state index in [1.165, 1.54) is 20.3 Å². The molecular weight excluding hydrogens is 938 g/mol. The summed E-state index contributed by atoms with van der Waals surface area (Å²) < 4.78 is 47.5. The number of halogens is 1. The van der Waals surface area contributed by atoms with E-state index >= 15 is 4.39 Å². The molecule has 73 heavy (non-hydrogen) atoms. The molecule has 18 nitrogen and oxygen atoms in total. The van der Waals surface area contributed by atoms with Crippen LogP contribution in [-0.4, -0.2) is 134 Å². The summed E-state index contributed by atoms with van der Waals surface area (Å²) in [5.41, 5.74) is 5.36. The van der Waals surface area contributed by atoms with E-state index in [1.54, 1.807) is 18.2 Å². The first-order valence-corrected chi connectivity index (χ1v) is 25.4. The summed E-state index contributed by atoms with van der Waals surface area (Å²) in [6.07, 6.45) is 4.18. The van der Waals surface area contributed by atoms with Crippen LogP contribution in [0.2, 0.25) is 0 Å². The maximum Gasteiger partial charge on any atom is 0.240 e. The Balaban J connectivity index is 1.04. The second kappa shape index (κ2) is 22.8. The second-order valence-corrected chi connectivity index (χ2v) is 20.0. The largest absolute Gasteiger partial charge is 0.494 e. The van der Waals surface area contributed by atoms with Crippen LogP contribution in [0.4, 0.5) is 4.39 Å². The molecule has 0 bridgehead atoms. The standard InChI is InChI=1S/C54H70FN9O9/c1-30(2)46(60-53(67)70-6)50(65)62-19-11-15-41(62)48-56-28-38(58-48)32-17-18-40-35(23-32)26-43-45-37(55)25-34(27-44(45)73-52(64(40)43)33-13-10-14-36(24-33)72-22-9-8-21-69-5)39-29-57-49(59-39)42-16-12-20-63(42)51(66)47(31(3)4)61-54(68)71-7/h10,13-14,17-18,23-31,41-42,46-47,50,52-54,60-61,65,67-68H,8-9,11-12,15-16,19-22H2,1-7H3,(H,56,58)(H,57,59). The van der Waals surface area contributed by atoms with Crippen molar-refractivity contribution in [3.05, 3.63) is 96.1 Å². The van der Waals surface area contributed by atoms with Crippen molar-refractivity contribution in [2.24, 2.45) is 11.8 Å². The number of aromatic amines is 2. The van der Waals surface area contributed by atoms with Crippen LogP contribution in [0, 0.1) is 17.7 Å². The van der Waals surface area contributed by atoms with Gasteiger partial charge in [0.05, 0.1) is 71.3 Å². The van der Waals surface area contributed by atoms with Gasteiger partial charge < -0.3 is 58.4 Å². The average Bonchev–Trinajstić information content (AvgIpc) is 4.26. The molecular formula is C54H70FN9O9. The van der Waals surface area contributed by atoms with Gasteiger partial charge in [0.1, 0.15) is 35.2 Å². The van der Waals surface area contributed by atoms with Crippen LogP contribution in [0.15, 0.2) is 73.1 Å². The highest BCUT2D eigenvalue weighted by molar-refractivity contribution is 5.92. The molecule has 3 aliphatic rings. The zero-order valence-corrected chi connectivity index (χ0v) is 42.7. The van der Waals surface area contributed by atoms with E-state index < -0.39 is 43.2 Å². The number of H-pyrrole nitrogens is 2. The molecule has 0 saturated carbocycles. The first-order valence-electron chi connectivity index (χ1n) is 25.4. The predicted octanol–water partition coefficient (Wildman–Crippen LogP) is 7.16. The van der Waals surface area contributed by atoms with Crippen molar-refractivity contribution in [2.45, 2.75) is 116 Å². The topological polar surface area (TPSA) is 217 Å². The van der Waals surface area contributed by atoms with Gasteiger partial charge in [-0.15, -0.1) is 0 Å². The van der Waals surface area contributed by atoms with Gasteiger partial charge in [-0.2, -0.15) is 0 Å². The molecule has 0 aliphatic carbocycles. The molecule has 19 heteroatoms. The van der Waals surface area contributed by atoms with Gasteiger partial charge >= 0.3 is 0 Å². The Labute approximate surface area is 425 Å². The predicted molar refractivity (Wildman–Crippen MR) is 272 cm³/mol. The fourth-order valence-corrected chi connectivity index (χ4v) is 10.6. The molecule has 3 aliphatic heterocycles. The van der Waals surface area contributed by atoms with Crippen molar-refractivity contribution < 1.29 is 48.2 Å². The number of unbranched alkanes of at least 4 members (excludes halogenated alkanes) is 1. The molecule has 3 aromatic heterocycles. The number of carbonyl (C=O) groups excluding carboxylic acids is 1. The van der Waals surface area contributed by atoms with Crippen LogP contribution in [0.1, 0.15) is 102 Å². The maximum absolute atomic E-state index is 17.1. The Morgan fingerprint density at radius 1 is 0.822 bits per heavy atom. The third kappa shape index (κ3) is 10.9. The van der Waals surface area contributed by atoms with Crippen molar-refractivity contribution in [3.63, 3.8) is 0 Å². The molecule has 392 valence electrons. The number of nitrogens with one attached hydrogen (secondary N) is 4. The minimum Gasteiger partial charge on any atom is -0.494 e. The number of ether oxygens (including phenoxy) is 5. The number of aliphatic hydroxyl groups excluding tert-OH is 3. The number of amides is 1. The SMILES string of the molecule is COCCCCOc1cccc(C2Oc3cc(-c4cnc(C5CCCN5C(=O)C(NC(O)OC)C(C)C)[nH]4)cc(F)c3-c3cc4cc(-c5cnc(C6CCCN6C(O)C(NC(O)OC)C(C)C)[nH]5)ccc4n32)c1. The number of rotatable bonds is 22. The first kappa shape index (κ1) is 52.1. The lowest BCUT2D eigenvalue weighted by Gasteiger charge is -2.37. The zero-order chi connectivity index (χ0) is 51.5. The smallest absolute Gasteiger partial charge is 0.240 e. The lowest BCUT2D eigenvalue weighted by atomic mass is 10.0. The van der Waals surface area contributed by atoms with E-state index in [1.807, 2.05) is 91.9 Å². The Hall–Kier alpha value is -5.74. The fraction of sp³-hybridized carbons (Fsp3) is 0.500. The highest BCUT2D eigenvalue weighted by Crippen LogP contribution is 2.48. The lowest BCUT2D eigenvalue weighted by molar-refractivity contribution is -0.145. The number of benzene rings is 3. The molecule has 6 aromatic rings. The third-order valence-corrected chi connectivity index (χ3v) is 14.5. The van der Waals surface area contributed by atoms with Crippen molar-refractivity contribution in [1.29, 1.82) is 0 Å². The minimum atomic E-state index is -1.29. The van der Waals surface area contributed by atoms with E-state index in [4.69, 9.17) is 33.7 Å². The van der Waals surface area contributed by atoms with Crippen molar-refractivity contribution >= 4 is 16.8 Å². The van der Waals surface area contributed by atoms with E-state index in [9.17, 15) is 20.1 Å². The first-order chi connectivity index (χ1) is 35.3. The number of fused-ring (bicyclic) bond motifs is 5. The van der Waals surface area contributed by atoms with E-state index in [2.05, 4.69) is 26.7 Å². The highest BCUT2D eigenvalue weighted by Gasteiger charge is 2.40. The van der Waals surface area contributed by atoms with Crippen LogP contribution < -0.4 is 20.1 Å². The number of carbonyl (C=O) groups is 1. The summed E-state index contributed by atoms with van der Waals surface area (Å²) in [4.78, 5) is 34.2. The Morgan fingerprint density at radius 2 is 1.52 bits per heavy atom. The number of likely N-dealkylation sites (tertiary alicyclic amines) is 2. The number of methoxy groups -OCH3 is 3. The molecule has 8 unspecified atom stereocenters. The van der Waals surface area contributed by atoms with Crippen LogP contribution in [-0.2, 0) is 19.0 Å². The van der Waals surface area contributed by atoms with Crippen LogP contribution in [0.25, 0.3) is 44.7 Å². The number of aromatic nitrogens is 5. The van der Waals surface area contributed by atoms with Crippen molar-refractivity contribution in [2.75, 3.05) is 47.6 Å². The van der Waals surface area contributed by atoms with Crippen LogP contribution in [0.5, 0.6) is 11.5 Å². The molecule has 1 amide bonds. The Kier molecular flexibility index (Phi) is 16.3. The molecule has 0 radical (unpaired) electrons. The minimum absolute atomic E-state index is 0.00246. The molecule has 2 saturated heterocycles. The Bertz CT molecular complexity index is 2830. The molecule has 0 spiro atoms. The van der Waals surface area contributed by atoms with Gasteiger partial charge in [-0.05, 0) is 92.8 Å². The molecule has 7 N–H and O–H groups in total. The monoisotopic (exact) mass is 1010 g/mol. The summed E-state index contributed by atoms with van der Waals surface area (Å²) in [5, 5.41) is 38.8. The number of imidazole rings is 2. The summed E-state index contributed by atoms with van der Waals surface area (Å²) in [6.45, 7) is 10.2. The van der Waals surface area contributed by atoms with Gasteiger partial charge in [0.2, 0.25) is 25.0 Å². The van der Waals surface area contributed by atoms with E-state index in [-0.39, 0.29) is 29.8 Å². The number of aliphatic hydroxyl groups is 3. The maximum atomic E-state index is 17.1. The molecule has 2 fully saturated rings. The van der Waals surface area contributed by atoms with Gasteiger partial charge in [0.25, 0.3) is 0 Å². The number of hydrogen-bond donors (Lipinski definition) is 7. The normalized spacial score (nSPS) is 20.1. The summed E-state index contributed by atoms with van der Waals surface area (Å²) in [7, 11) is 4.46. The average molecular weight is 1010 g/mol. The van der Waals surface area contributed by atoms with Crippen LogP contribution >= 0.6 is 0 Å².